The van der Waals surface area contributed by atoms with Crippen LogP contribution in [0.15, 0.2) is 0 Å². The van der Waals surface area contributed by atoms with Crippen molar-refractivity contribution in [3.63, 3.8) is 0 Å². The summed E-state index contributed by atoms with van der Waals surface area (Å²) >= 11 is 0. The van der Waals surface area contributed by atoms with Gasteiger partial charge >= 0.3 is 5.97 Å². The van der Waals surface area contributed by atoms with Crippen molar-refractivity contribution >= 4 is 5.97 Å². The molecule has 0 fully saturated rings. The lowest BCUT2D eigenvalue weighted by Gasteiger charge is -2.00. The summed E-state index contributed by atoms with van der Waals surface area (Å²) < 4.78 is 37.7. The van der Waals surface area contributed by atoms with E-state index in [0.29, 0.717) is 0 Å². The third kappa shape index (κ3) is 5.40. The summed E-state index contributed by atoms with van der Waals surface area (Å²) in [5, 5.41) is 0. The Bertz CT molecular complexity index is 105. The molecule has 2 nitrogen and oxygen atoms in total. The van der Waals surface area contributed by atoms with Gasteiger partial charge in [0.05, 0.1) is 13.1 Å². The number of esters is 1. The molecule has 0 bridgehead atoms. The first-order valence-electron chi connectivity index (χ1n) is 2.66. The molecule has 0 radical (unpaired) electrons. The molecule has 0 heterocycles. The number of ether oxygens (including phenoxy) is 1. The molecule has 0 aliphatic rings. The van der Waals surface area contributed by atoms with Gasteiger partial charge in [0, 0.05) is 0 Å². The van der Waals surface area contributed by atoms with E-state index >= 15 is 0 Å². The predicted octanol–water partition coefficient (Wildman–Crippen LogP) is 1.15. The monoisotopic (exact) mass is 156 g/mol. The van der Waals surface area contributed by atoms with Crippen molar-refractivity contribution in [3.8, 4) is 0 Å². The van der Waals surface area contributed by atoms with Crippen molar-refractivity contribution in [2.24, 2.45) is 0 Å². The molecule has 0 spiro atoms. The third-order valence-corrected chi connectivity index (χ3v) is 0.669. The molecule has 60 valence electrons. The highest BCUT2D eigenvalue weighted by atomic mass is 19.3. The Balaban J connectivity index is 3.22. The minimum atomic E-state index is -2.68. The molecule has 0 atom stereocenters. The number of rotatable bonds is 4. The fraction of sp³-hybridized carbons (Fsp3) is 0.800. The molecule has 0 amide bonds. The lowest BCUT2D eigenvalue weighted by molar-refractivity contribution is -0.147. The summed E-state index contributed by atoms with van der Waals surface area (Å²) in [6, 6.07) is 0. The number of halogens is 3. The normalized spacial score (nSPS) is 10.0. The highest BCUT2D eigenvalue weighted by Gasteiger charge is 2.07. The smallest absolute Gasteiger partial charge is 0.308 e. The van der Waals surface area contributed by atoms with Crippen molar-refractivity contribution in [3.05, 3.63) is 0 Å². The zero-order chi connectivity index (χ0) is 7.98. The van der Waals surface area contributed by atoms with E-state index in [4.69, 9.17) is 0 Å². The lowest BCUT2D eigenvalue weighted by Crippen LogP contribution is -2.11. The van der Waals surface area contributed by atoms with Crippen molar-refractivity contribution < 1.29 is 22.7 Å². The first kappa shape index (κ1) is 9.26. The molecule has 0 unspecified atom stereocenters. The molecule has 0 aromatic rings. The van der Waals surface area contributed by atoms with E-state index in [0.717, 1.165) is 0 Å². The average molecular weight is 156 g/mol. The molecule has 0 saturated heterocycles. The molecule has 5 heteroatoms. The van der Waals surface area contributed by atoms with E-state index in [-0.39, 0.29) is 0 Å². The SMILES string of the molecule is O=C(CCF)OCC(F)F. The molecule has 0 saturated carbocycles. The van der Waals surface area contributed by atoms with Gasteiger partial charge in [-0.25, -0.2) is 8.78 Å². The van der Waals surface area contributed by atoms with Crippen LogP contribution in [0.4, 0.5) is 13.2 Å². The maximum absolute atomic E-state index is 11.3. The van der Waals surface area contributed by atoms with Crippen LogP contribution in [0.3, 0.4) is 0 Å². The highest BCUT2D eigenvalue weighted by Crippen LogP contribution is 1.94. The Hall–Kier alpha value is -0.740. The van der Waals surface area contributed by atoms with Crippen LogP contribution in [0, 0.1) is 0 Å². The van der Waals surface area contributed by atoms with Gasteiger partial charge in [0.25, 0.3) is 6.43 Å². The predicted molar refractivity (Wildman–Crippen MR) is 27.6 cm³/mol. The second-order valence-corrected chi connectivity index (χ2v) is 1.51. The van der Waals surface area contributed by atoms with Crippen LogP contribution in [-0.2, 0) is 9.53 Å². The molecular weight excluding hydrogens is 149 g/mol. The zero-order valence-electron chi connectivity index (χ0n) is 5.15. The van der Waals surface area contributed by atoms with Crippen LogP contribution in [-0.4, -0.2) is 25.7 Å². The van der Waals surface area contributed by atoms with E-state index in [2.05, 4.69) is 4.74 Å². The highest BCUT2D eigenvalue weighted by molar-refractivity contribution is 5.69. The van der Waals surface area contributed by atoms with Gasteiger partial charge in [0.15, 0.2) is 6.61 Å². The van der Waals surface area contributed by atoms with Gasteiger partial charge in [0.1, 0.15) is 0 Å². The van der Waals surface area contributed by atoms with Crippen LogP contribution in [0.2, 0.25) is 0 Å². The maximum Gasteiger partial charge on any atom is 0.308 e. The molecular formula is C5H7F3O2. The molecule has 10 heavy (non-hydrogen) atoms. The van der Waals surface area contributed by atoms with Gasteiger partial charge < -0.3 is 4.74 Å². The Labute approximate surface area is 56.0 Å². The standard InChI is InChI=1S/C5H7F3O2/c6-2-1-5(9)10-3-4(7)8/h4H,1-3H2. The molecule has 0 aromatic heterocycles. The van der Waals surface area contributed by atoms with Crippen LogP contribution in [0.25, 0.3) is 0 Å². The van der Waals surface area contributed by atoms with E-state index in [1.54, 1.807) is 0 Å². The van der Waals surface area contributed by atoms with Gasteiger partial charge in [0.2, 0.25) is 0 Å². The van der Waals surface area contributed by atoms with E-state index < -0.39 is 32.1 Å². The fourth-order valence-corrected chi connectivity index (χ4v) is 0.305. The van der Waals surface area contributed by atoms with Crippen molar-refractivity contribution in [2.75, 3.05) is 13.3 Å². The van der Waals surface area contributed by atoms with Crippen LogP contribution in [0.5, 0.6) is 0 Å². The number of carbonyl (C=O) groups excluding carboxylic acids is 1. The molecule has 0 N–H and O–H groups in total. The lowest BCUT2D eigenvalue weighted by atomic mass is 10.5. The second kappa shape index (κ2) is 5.08. The minimum Gasteiger partial charge on any atom is -0.460 e. The van der Waals surface area contributed by atoms with Crippen molar-refractivity contribution in [1.82, 2.24) is 0 Å². The molecule has 0 aliphatic heterocycles. The summed E-state index contributed by atoms with van der Waals surface area (Å²) in [6.07, 6.45) is -3.13. The second-order valence-electron chi connectivity index (χ2n) is 1.51. The summed E-state index contributed by atoms with van der Waals surface area (Å²) in [7, 11) is 0. The number of hydrogen-bond acceptors (Lipinski definition) is 2. The van der Waals surface area contributed by atoms with Crippen molar-refractivity contribution in [1.29, 1.82) is 0 Å². The quantitative estimate of drug-likeness (QED) is 0.571. The topological polar surface area (TPSA) is 26.3 Å². The van der Waals surface area contributed by atoms with Gasteiger partial charge in [-0.1, -0.05) is 0 Å². The number of hydrogen-bond donors (Lipinski definition) is 0. The van der Waals surface area contributed by atoms with E-state index in [9.17, 15) is 18.0 Å². The Morgan fingerprint density at radius 3 is 2.50 bits per heavy atom. The van der Waals surface area contributed by atoms with Crippen molar-refractivity contribution in [2.45, 2.75) is 12.8 Å². The molecule has 0 aromatic carbocycles. The largest absolute Gasteiger partial charge is 0.460 e. The molecule has 0 aliphatic carbocycles. The first-order valence-corrected chi connectivity index (χ1v) is 2.66. The van der Waals surface area contributed by atoms with E-state index in [1.165, 1.54) is 0 Å². The Morgan fingerprint density at radius 2 is 2.10 bits per heavy atom. The third-order valence-electron chi connectivity index (χ3n) is 0.669. The Kier molecular flexibility index (Phi) is 4.70. The maximum atomic E-state index is 11.3. The summed E-state index contributed by atoms with van der Waals surface area (Å²) in [6.45, 7) is -1.82. The summed E-state index contributed by atoms with van der Waals surface area (Å²) in [4.78, 5) is 10.2. The van der Waals surface area contributed by atoms with Gasteiger partial charge in [-0.3, -0.25) is 9.18 Å². The zero-order valence-corrected chi connectivity index (χ0v) is 5.15. The summed E-state index contributed by atoms with van der Waals surface area (Å²) in [5.74, 6) is -0.928. The minimum absolute atomic E-state index is 0.452. The summed E-state index contributed by atoms with van der Waals surface area (Å²) in [5.41, 5.74) is 0. The van der Waals surface area contributed by atoms with Gasteiger partial charge in [-0.2, -0.15) is 0 Å². The molecule has 0 rings (SSSR count). The van der Waals surface area contributed by atoms with Gasteiger partial charge in [-0.15, -0.1) is 0 Å². The van der Waals surface area contributed by atoms with Crippen LogP contribution in [0.1, 0.15) is 6.42 Å². The van der Waals surface area contributed by atoms with Crippen LogP contribution >= 0.6 is 0 Å². The number of alkyl halides is 3. The van der Waals surface area contributed by atoms with E-state index in [1.807, 2.05) is 0 Å². The van der Waals surface area contributed by atoms with Gasteiger partial charge in [-0.05, 0) is 0 Å². The fourth-order valence-electron chi connectivity index (χ4n) is 0.305. The Morgan fingerprint density at radius 1 is 1.50 bits per heavy atom. The van der Waals surface area contributed by atoms with Crippen LogP contribution < -0.4 is 0 Å². The first-order chi connectivity index (χ1) is 4.66. The number of carbonyl (C=O) groups is 1. The average Bonchev–Trinajstić information content (AvgIpc) is 1.85.